The number of benzene rings is 1. The molecule has 5 nitrogen and oxygen atoms in total. The van der Waals surface area contributed by atoms with Crippen molar-refractivity contribution in [2.24, 2.45) is 17.1 Å². The van der Waals surface area contributed by atoms with Gasteiger partial charge in [0, 0.05) is 18.8 Å². The smallest absolute Gasteiger partial charge is 0.243 e. The minimum atomic E-state index is -3.55. The van der Waals surface area contributed by atoms with Crippen LogP contribution in [-0.4, -0.2) is 32.4 Å². The van der Waals surface area contributed by atoms with Crippen molar-refractivity contribution >= 4 is 15.7 Å². The van der Waals surface area contributed by atoms with Gasteiger partial charge < -0.3 is 11.5 Å². The molecule has 1 aromatic carbocycles. The molecule has 6 heteroatoms. The van der Waals surface area contributed by atoms with Crippen LogP contribution >= 0.6 is 0 Å². The molecule has 0 fully saturated rings. The van der Waals surface area contributed by atoms with Crippen LogP contribution in [0.5, 0.6) is 0 Å². The molecule has 0 aliphatic rings. The van der Waals surface area contributed by atoms with E-state index in [9.17, 15) is 8.42 Å². The number of unbranched alkanes of at least 4 members (excludes halogenated alkanes) is 1. The van der Waals surface area contributed by atoms with Crippen molar-refractivity contribution in [2.75, 3.05) is 25.4 Å². The van der Waals surface area contributed by atoms with Crippen molar-refractivity contribution in [3.8, 4) is 0 Å². The SMILES string of the molecule is CC(C)CN(CC(C)(C)CCCCN)S(=O)(=O)c1cccc(N)c1. The van der Waals surface area contributed by atoms with Crippen molar-refractivity contribution in [1.29, 1.82) is 0 Å². The molecule has 0 radical (unpaired) electrons. The summed E-state index contributed by atoms with van der Waals surface area (Å²) in [5.74, 6) is 0.251. The van der Waals surface area contributed by atoms with Crippen LogP contribution in [0.1, 0.15) is 47.0 Å². The van der Waals surface area contributed by atoms with E-state index in [1.165, 1.54) is 6.07 Å². The molecule has 0 spiro atoms. The maximum atomic E-state index is 13.1. The lowest BCUT2D eigenvalue weighted by Crippen LogP contribution is -2.41. The number of hydrogen-bond donors (Lipinski definition) is 2. The molecule has 0 amide bonds. The molecule has 0 atom stereocenters. The molecule has 138 valence electrons. The van der Waals surface area contributed by atoms with E-state index >= 15 is 0 Å². The fraction of sp³-hybridized carbons (Fsp3) is 0.667. The quantitative estimate of drug-likeness (QED) is 0.498. The van der Waals surface area contributed by atoms with Crippen LogP contribution in [0.25, 0.3) is 0 Å². The summed E-state index contributed by atoms with van der Waals surface area (Å²) in [6.45, 7) is 9.96. The molecule has 0 aliphatic heterocycles. The Hall–Kier alpha value is -1.11. The second-order valence-electron chi connectivity index (χ2n) is 7.67. The Labute approximate surface area is 147 Å². The number of anilines is 1. The van der Waals surface area contributed by atoms with Gasteiger partial charge in [0.05, 0.1) is 4.90 Å². The van der Waals surface area contributed by atoms with Crippen LogP contribution in [-0.2, 0) is 10.0 Å². The Morgan fingerprint density at radius 3 is 2.42 bits per heavy atom. The predicted molar refractivity (Wildman–Crippen MR) is 101 cm³/mol. The van der Waals surface area contributed by atoms with E-state index in [0.717, 1.165) is 19.3 Å². The minimum absolute atomic E-state index is 0.0997. The lowest BCUT2D eigenvalue weighted by atomic mass is 9.87. The molecule has 24 heavy (non-hydrogen) atoms. The van der Waals surface area contributed by atoms with Crippen molar-refractivity contribution < 1.29 is 8.42 Å². The zero-order valence-electron chi connectivity index (χ0n) is 15.5. The van der Waals surface area contributed by atoms with Gasteiger partial charge in [0.2, 0.25) is 10.0 Å². The monoisotopic (exact) mass is 355 g/mol. The molecule has 0 aromatic heterocycles. The number of nitrogens with two attached hydrogens (primary N) is 2. The normalized spacial score (nSPS) is 13.0. The van der Waals surface area contributed by atoms with E-state index in [-0.39, 0.29) is 16.2 Å². The van der Waals surface area contributed by atoms with Gasteiger partial charge in [0.25, 0.3) is 0 Å². The highest BCUT2D eigenvalue weighted by Gasteiger charge is 2.31. The highest BCUT2D eigenvalue weighted by molar-refractivity contribution is 7.89. The number of hydrogen-bond acceptors (Lipinski definition) is 4. The van der Waals surface area contributed by atoms with E-state index in [4.69, 9.17) is 11.5 Å². The average molecular weight is 356 g/mol. The van der Waals surface area contributed by atoms with E-state index < -0.39 is 10.0 Å². The largest absolute Gasteiger partial charge is 0.399 e. The molecule has 0 aliphatic carbocycles. The second kappa shape index (κ2) is 8.83. The summed E-state index contributed by atoms with van der Waals surface area (Å²) in [6, 6.07) is 6.52. The number of nitrogens with zero attached hydrogens (tertiary/aromatic N) is 1. The Morgan fingerprint density at radius 2 is 1.88 bits per heavy atom. The summed E-state index contributed by atoms with van der Waals surface area (Å²) in [7, 11) is -3.55. The molecule has 0 saturated carbocycles. The summed E-state index contributed by atoms with van der Waals surface area (Å²) in [5, 5.41) is 0. The van der Waals surface area contributed by atoms with E-state index in [1.807, 2.05) is 13.8 Å². The first kappa shape index (κ1) is 20.9. The lowest BCUT2D eigenvalue weighted by molar-refractivity contribution is 0.225. The van der Waals surface area contributed by atoms with Gasteiger partial charge in [-0.25, -0.2) is 8.42 Å². The minimum Gasteiger partial charge on any atom is -0.399 e. The summed E-state index contributed by atoms with van der Waals surface area (Å²) >= 11 is 0. The molecule has 0 saturated heterocycles. The van der Waals surface area contributed by atoms with Crippen molar-refractivity contribution in [2.45, 2.75) is 51.9 Å². The summed E-state index contributed by atoms with van der Waals surface area (Å²) in [4.78, 5) is 0.265. The molecule has 1 aromatic rings. The predicted octanol–water partition coefficient (Wildman–Crippen LogP) is 3.07. The number of sulfonamides is 1. The van der Waals surface area contributed by atoms with Crippen LogP contribution in [0.4, 0.5) is 5.69 Å². The molecule has 1 rings (SSSR count). The highest BCUT2D eigenvalue weighted by atomic mass is 32.2. The highest BCUT2D eigenvalue weighted by Crippen LogP contribution is 2.28. The number of rotatable bonds is 10. The van der Waals surface area contributed by atoms with Crippen LogP contribution < -0.4 is 11.5 Å². The maximum Gasteiger partial charge on any atom is 0.243 e. The van der Waals surface area contributed by atoms with Crippen molar-refractivity contribution in [1.82, 2.24) is 4.31 Å². The average Bonchev–Trinajstić information content (AvgIpc) is 2.46. The van der Waals surface area contributed by atoms with E-state index in [0.29, 0.717) is 25.3 Å². The first-order valence-electron chi connectivity index (χ1n) is 8.64. The maximum absolute atomic E-state index is 13.1. The third kappa shape index (κ3) is 6.42. The van der Waals surface area contributed by atoms with Crippen LogP contribution in [0, 0.1) is 11.3 Å². The van der Waals surface area contributed by atoms with Crippen LogP contribution in [0.2, 0.25) is 0 Å². The van der Waals surface area contributed by atoms with Gasteiger partial charge in [-0.05, 0) is 48.9 Å². The Balaban J connectivity index is 3.03. The standard InChI is InChI=1S/C18H33N3O2S/c1-15(2)13-21(14-18(3,4)10-5-6-11-19)24(22,23)17-9-7-8-16(20)12-17/h7-9,12,15H,5-6,10-11,13-14,19-20H2,1-4H3. The zero-order valence-corrected chi connectivity index (χ0v) is 16.3. The van der Waals surface area contributed by atoms with Gasteiger partial charge >= 0.3 is 0 Å². The molecule has 0 heterocycles. The summed E-state index contributed by atoms with van der Waals surface area (Å²) < 4.78 is 27.8. The van der Waals surface area contributed by atoms with Gasteiger partial charge in [0.15, 0.2) is 0 Å². The van der Waals surface area contributed by atoms with Gasteiger partial charge in [-0.1, -0.05) is 40.2 Å². The van der Waals surface area contributed by atoms with Crippen molar-refractivity contribution in [3.63, 3.8) is 0 Å². The fourth-order valence-corrected chi connectivity index (χ4v) is 4.63. The Bertz CT molecular complexity index is 612. The molecule has 0 unspecified atom stereocenters. The Morgan fingerprint density at radius 1 is 1.21 bits per heavy atom. The number of nitrogen functional groups attached to an aromatic ring is 1. The molecular weight excluding hydrogens is 322 g/mol. The Kier molecular flexibility index (Phi) is 7.70. The first-order chi connectivity index (χ1) is 11.1. The fourth-order valence-electron chi connectivity index (χ4n) is 2.78. The third-order valence-corrected chi connectivity index (χ3v) is 5.78. The summed E-state index contributed by atoms with van der Waals surface area (Å²) in [6.07, 6.45) is 2.93. The second-order valence-corrected chi connectivity index (χ2v) is 9.61. The van der Waals surface area contributed by atoms with Gasteiger partial charge in [-0.15, -0.1) is 0 Å². The van der Waals surface area contributed by atoms with Crippen molar-refractivity contribution in [3.05, 3.63) is 24.3 Å². The van der Waals surface area contributed by atoms with Crippen LogP contribution in [0.3, 0.4) is 0 Å². The lowest BCUT2D eigenvalue weighted by Gasteiger charge is -2.33. The molecule has 4 N–H and O–H groups in total. The van der Waals surface area contributed by atoms with Gasteiger partial charge in [0.1, 0.15) is 0 Å². The van der Waals surface area contributed by atoms with Gasteiger partial charge in [-0.3, -0.25) is 0 Å². The van der Waals surface area contributed by atoms with E-state index in [2.05, 4.69) is 13.8 Å². The molecular formula is C18H33N3O2S. The molecule has 0 bridgehead atoms. The van der Waals surface area contributed by atoms with Gasteiger partial charge in [-0.2, -0.15) is 4.31 Å². The topological polar surface area (TPSA) is 89.4 Å². The zero-order chi connectivity index (χ0) is 18.4. The first-order valence-corrected chi connectivity index (χ1v) is 10.1. The third-order valence-electron chi connectivity index (χ3n) is 3.98. The summed E-state index contributed by atoms with van der Waals surface area (Å²) in [5.41, 5.74) is 11.7. The van der Waals surface area contributed by atoms with E-state index in [1.54, 1.807) is 22.5 Å². The van der Waals surface area contributed by atoms with Crippen LogP contribution in [0.15, 0.2) is 29.2 Å².